The molecular weight excluding hydrogens is 450 g/mol. The molecule has 0 aliphatic carbocycles. The number of amides is 3. The highest BCUT2D eigenvalue weighted by molar-refractivity contribution is 5.99. The van der Waals surface area contributed by atoms with Crippen LogP contribution in [-0.2, 0) is 17.8 Å². The summed E-state index contributed by atoms with van der Waals surface area (Å²) in [5.74, 6) is 1.26. The maximum absolute atomic E-state index is 12.3. The lowest BCUT2D eigenvalue weighted by Crippen LogP contribution is -2.44. The predicted octanol–water partition coefficient (Wildman–Crippen LogP) is 3.40. The van der Waals surface area contributed by atoms with Crippen LogP contribution in [0.1, 0.15) is 18.2 Å². The zero-order valence-corrected chi connectivity index (χ0v) is 19.1. The Bertz CT molecular complexity index is 1240. The SMILES string of the molecule is CC1COCCN1c1nc(-c2ccc(NC(=O)Nc3ccncc3)cc2)nc2c1CN(C(=O)O)C2. The molecule has 1 unspecified atom stereocenters. The van der Waals surface area contributed by atoms with E-state index in [2.05, 4.69) is 27.4 Å². The van der Waals surface area contributed by atoms with E-state index in [-0.39, 0.29) is 25.2 Å². The number of carbonyl (C=O) groups is 2. The highest BCUT2D eigenvalue weighted by Crippen LogP contribution is 2.33. The Hall–Kier alpha value is -4.25. The molecule has 2 aromatic heterocycles. The van der Waals surface area contributed by atoms with Crippen molar-refractivity contribution in [1.29, 1.82) is 0 Å². The summed E-state index contributed by atoms with van der Waals surface area (Å²) >= 11 is 0. The molecule has 4 heterocycles. The summed E-state index contributed by atoms with van der Waals surface area (Å²) in [4.78, 5) is 40.9. The molecule has 0 radical (unpaired) electrons. The normalized spacial score (nSPS) is 17.1. The van der Waals surface area contributed by atoms with Crippen molar-refractivity contribution in [3.8, 4) is 11.4 Å². The Balaban J connectivity index is 1.39. The molecule has 0 saturated carbocycles. The van der Waals surface area contributed by atoms with Crippen molar-refractivity contribution >= 4 is 29.3 Å². The molecular formula is C24H25N7O4. The average molecular weight is 476 g/mol. The monoisotopic (exact) mass is 475 g/mol. The van der Waals surface area contributed by atoms with E-state index in [1.54, 1.807) is 36.7 Å². The van der Waals surface area contributed by atoms with Gasteiger partial charge in [0.1, 0.15) is 5.82 Å². The van der Waals surface area contributed by atoms with Gasteiger partial charge in [0.15, 0.2) is 5.82 Å². The number of nitrogens with zero attached hydrogens (tertiary/aromatic N) is 5. The van der Waals surface area contributed by atoms with Crippen LogP contribution in [0.3, 0.4) is 0 Å². The van der Waals surface area contributed by atoms with E-state index in [1.165, 1.54) is 4.90 Å². The second-order valence-corrected chi connectivity index (χ2v) is 8.44. The van der Waals surface area contributed by atoms with E-state index in [9.17, 15) is 14.7 Å². The molecule has 180 valence electrons. The van der Waals surface area contributed by atoms with E-state index < -0.39 is 6.09 Å². The summed E-state index contributed by atoms with van der Waals surface area (Å²) in [5, 5.41) is 15.1. The van der Waals surface area contributed by atoms with Crippen LogP contribution in [0.5, 0.6) is 0 Å². The molecule has 11 heteroatoms. The maximum Gasteiger partial charge on any atom is 0.407 e. The Morgan fingerprint density at radius 1 is 1.03 bits per heavy atom. The number of hydrogen-bond acceptors (Lipinski definition) is 7. The summed E-state index contributed by atoms with van der Waals surface area (Å²) in [7, 11) is 0. The Morgan fingerprint density at radius 3 is 2.43 bits per heavy atom. The topological polar surface area (TPSA) is 133 Å². The smallest absolute Gasteiger partial charge is 0.407 e. The Labute approximate surface area is 201 Å². The van der Waals surface area contributed by atoms with Crippen molar-refractivity contribution in [2.45, 2.75) is 26.1 Å². The van der Waals surface area contributed by atoms with Crippen LogP contribution in [0.2, 0.25) is 0 Å². The highest BCUT2D eigenvalue weighted by atomic mass is 16.5. The minimum Gasteiger partial charge on any atom is -0.465 e. The number of pyridine rings is 1. The highest BCUT2D eigenvalue weighted by Gasteiger charge is 2.32. The number of urea groups is 1. The molecule has 0 spiro atoms. The maximum atomic E-state index is 12.3. The molecule has 5 rings (SSSR count). The number of rotatable bonds is 4. The molecule has 1 atom stereocenters. The van der Waals surface area contributed by atoms with Crippen LogP contribution in [0.15, 0.2) is 48.8 Å². The molecule has 3 amide bonds. The fourth-order valence-corrected chi connectivity index (χ4v) is 4.21. The predicted molar refractivity (Wildman–Crippen MR) is 129 cm³/mol. The van der Waals surface area contributed by atoms with Crippen LogP contribution in [0, 0.1) is 0 Å². The molecule has 1 fully saturated rings. The van der Waals surface area contributed by atoms with Gasteiger partial charge in [-0.2, -0.15) is 0 Å². The van der Waals surface area contributed by atoms with Gasteiger partial charge in [0.25, 0.3) is 0 Å². The van der Waals surface area contributed by atoms with E-state index in [4.69, 9.17) is 14.7 Å². The number of carbonyl (C=O) groups excluding carboxylic acids is 1. The van der Waals surface area contributed by atoms with E-state index in [0.717, 1.165) is 16.9 Å². The first kappa shape index (κ1) is 22.5. The standard InChI is InChI=1S/C24H25N7O4/c1-15-14-35-11-10-31(15)22-19-12-30(24(33)34)13-20(19)28-21(29-22)16-2-4-17(5-3-16)26-23(32)27-18-6-8-25-9-7-18/h2-9,15H,10-14H2,1H3,(H,33,34)(H2,25,26,27,32). The van der Waals surface area contributed by atoms with Crippen LogP contribution in [0.4, 0.5) is 26.8 Å². The number of aromatic nitrogens is 3. The van der Waals surface area contributed by atoms with Gasteiger partial charge in [0.05, 0.1) is 38.0 Å². The first-order chi connectivity index (χ1) is 17.0. The first-order valence-electron chi connectivity index (χ1n) is 11.3. The van der Waals surface area contributed by atoms with Crippen molar-refractivity contribution in [1.82, 2.24) is 19.9 Å². The number of hydrogen-bond donors (Lipinski definition) is 3. The van der Waals surface area contributed by atoms with E-state index in [0.29, 0.717) is 42.7 Å². The molecule has 1 aromatic carbocycles. The zero-order valence-electron chi connectivity index (χ0n) is 19.1. The van der Waals surface area contributed by atoms with Crippen LogP contribution >= 0.6 is 0 Å². The van der Waals surface area contributed by atoms with Gasteiger partial charge in [-0.25, -0.2) is 19.6 Å². The van der Waals surface area contributed by atoms with Crippen molar-refractivity contribution < 1.29 is 19.4 Å². The Kier molecular flexibility index (Phi) is 6.15. The minimum absolute atomic E-state index is 0.111. The van der Waals surface area contributed by atoms with Gasteiger partial charge < -0.3 is 25.4 Å². The molecule has 0 bridgehead atoms. The van der Waals surface area contributed by atoms with Crippen molar-refractivity contribution in [3.05, 3.63) is 60.0 Å². The fraction of sp³-hybridized carbons (Fsp3) is 0.292. The van der Waals surface area contributed by atoms with Crippen molar-refractivity contribution in [3.63, 3.8) is 0 Å². The molecule has 3 aromatic rings. The summed E-state index contributed by atoms with van der Waals surface area (Å²) in [5.41, 5.74) is 3.58. The summed E-state index contributed by atoms with van der Waals surface area (Å²) in [6.07, 6.45) is 2.22. The largest absolute Gasteiger partial charge is 0.465 e. The first-order valence-corrected chi connectivity index (χ1v) is 11.3. The van der Waals surface area contributed by atoms with Gasteiger partial charge in [-0.3, -0.25) is 9.88 Å². The number of ether oxygens (including phenoxy) is 1. The third-order valence-electron chi connectivity index (χ3n) is 6.01. The number of fused-ring (bicyclic) bond motifs is 1. The molecule has 2 aliphatic rings. The van der Waals surface area contributed by atoms with Crippen LogP contribution < -0.4 is 15.5 Å². The Morgan fingerprint density at radius 2 is 1.74 bits per heavy atom. The summed E-state index contributed by atoms with van der Waals surface area (Å²) in [6, 6.07) is 10.4. The lowest BCUT2D eigenvalue weighted by atomic mass is 10.1. The minimum atomic E-state index is -0.981. The fourth-order valence-electron chi connectivity index (χ4n) is 4.21. The number of carboxylic acid groups (broad SMARTS) is 1. The molecule has 3 N–H and O–H groups in total. The van der Waals surface area contributed by atoms with Crippen LogP contribution in [0.25, 0.3) is 11.4 Å². The second-order valence-electron chi connectivity index (χ2n) is 8.44. The molecule has 35 heavy (non-hydrogen) atoms. The number of anilines is 3. The number of benzene rings is 1. The van der Waals surface area contributed by atoms with Gasteiger partial charge in [0, 0.05) is 41.4 Å². The van der Waals surface area contributed by atoms with Gasteiger partial charge in [-0.05, 0) is 43.3 Å². The average Bonchev–Trinajstić information content (AvgIpc) is 3.30. The molecule has 1 saturated heterocycles. The van der Waals surface area contributed by atoms with Gasteiger partial charge in [0.2, 0.25) is 0 Å². The van der Waals surface area contributed by atoms with Gasteiger partial charge in [-0.1, -0.05) is 0 Å². The zero-order chi connectivity index (χ0) is 24.4. The molecule has 11 nitrogen and oxygen atoms in total. The van der Waals surface area contributed by atoms with E-state index in [1.807, 2.05) is 12.1 Å². The van der Waals surface area contributed by atoms with Gasteiger partial charge >= 0.3 is 12.1 Å². The lowest BCUT2D eigenvalue weighted by molar-refractivity contribution is 0.0983. The summed E-state index contributed by atoms with van der Waals surface area (Å²) in [6.45, 7) is 4.39. The summed E-state index contributed by atoms with van der Waals surface area (Å²) < 4.78 is 5.58. The quantitative estimate of drug-likeness (QED) is 0.523. The van der Waals surface area contributed by atoms with Crippen molar-refractivity contribution in [2.75, 3.05) is 35.3 Å². The van der Waals surface area contributed by atoms with E-state index >= 15 is 0 Å². The van der Waals surface area contributed by atoms with Crippen molar-refractivity contribution in [2.24, 2.45) is 0 Å². The number of nitrogens with one attached hydrogen (secondary N) is 2. The third-order valence-corrected chi connectivity index (χ3v) is 6.01. The van der Waals surface area contributed by atoms with Crippen LogP contribution in [-0.4, -0.2) is 62.9 Å². The second kappa shape index (κ2) is 9.55. The molecule has 2 aliphatic heterocycles. The van der Waals surface area contributed by atoms with Gasteiger partial charge in [-0.15, -0.1) is 0 Å². The third kappa shape index (κ3) is 4.85. The lowest BCUT2D eigenvalue weighted by Gasteiger charge is -2.35. The number of morpholine rings is 1.